The van der Waals surface area contributed by atoms with Gasteiger partial charge in [0.2, 0.25) is 0 Å². The van der Waals surface area contributed by atoms with Crippen LogP contribution >= 0.6 is 22.9 Å². The lowest BCUT2D eigenvalue weighted by atomic mass is 10.3. The largest absolute Gasteiger partial charge is 0.350 e. The predicted molar refractivity (Wildman–Crippen MR) is 63.1 cm³/mol. The molecule has 1 rings (SSSR count). The first-order chi connectivity index (χ1) is 7.63. The Bertz CT molecular complexity index is 345. The molecule has 0 aliphatic heterocycles. The van der Waals surface area contributed by atoms with E-state index in [4.69, 9.17) is 22.2 Å². The summed E-state index contributed by atoms with van der Waals surface area (Å²) >= 11 is 6.98. The summed E-state index contributed by atoms with van der Waals surface area (Å²) in [5.41, 5.74) is 5.17. The molecule has 1 heterocycles. The number of thiazole rings is 1. The zero-order chi connectivity index (χ0) is 12.0. The third kappa shape index (κ3) is 4.34. The fourth-order valence-electron chi connectivity index (χ4n) is 1.03. The van der Waals surface area contributed by atoms with E-state index < -0.39 is 6.03 Å². The van der Waals surface area contributed by atoms with Gasteiger partial charge < -0.3 is 5.73 Å². The molecule has 0 fully saturated rings. The Labute approximate surface area is 103 Å². The number of primary amides is 1. The van der Waals surface area contributed by atoms with Crippen molar-refractivity contribution in [2.24, 2.45) is 5.73 Å². The third-order valence-electron chi connectivity index (χ3n) is 1.85. The van der Waals surface area contributed by atoms with Crippen LogP contribution < -0.4 is 5.73 Å². The van der Waals surface area contributed by atoms with Gasteiger partial charge in [0.15, 0.2) is 4.47 Å². The molecule has 1 aromatic rings. The number of unbranched alkanes of at least 4 members (excludes halogenated alkanes) is 1. The molecule has 0 unspecified atom stereocenters. The molecule has 2 N–H and O–H groups in total. The highest BCUT2D eigenvalue weighted by atomic mass is 35.5. The minimum atomic E-state index is -0.580. The van der Waals surface area contributed by atoms with E-state index in [1.165, 1.54) is 11.3 Å². The molecule has 0 atom stereocenters. The summed E-state index contributed by atoms with van der Waals surface area (Å²) in [4.78, 5) is 21.0. The SMILES string of the molecule is CCCCN(OCc1cnc(Cl)s1)C(N)=O. The van der Waals surface area contributed by atoms with E-state index in [2.05, 4.69) is 4.98 Å². The summed E-state index contributed by atoms with van der Waals surface area (Å²) < 4.78 is 0.456. The summed E-state index contributed by atoms with van der Waals surface area (Å²) in [5.74, 6) is 0. The van der Waals surface area contributed by atoms with Crippen molar-refractivity contribution in [3.63, 3.8) is 0 Å². The van der Waals surface area contributed by atoms with Crippen molar-refractivity contribution < 1.29 is 9.63 Å². The molecule has 0 aromatic carbocycles. The number of hydrogen-bond acceptors (Lipinski definition) is 4. The Kier molecular flexibility index (Phi) is 5.51. The van der Waals surface area contributed by atoms with Crippen LogP contribution in [-0.2, 0) is 11.4 Å². The molecule has 7 heteroatoms. The van der Waals surface area contributed by atoms with Crippen molar-refractivity contribution in [3.05, 3.63) is 15.5 Å². The zero-order valence-corrected chi connectivity index (χ0v) is 10.6. The van der Waals surface area contributed by atoms with Crippen LogP contribution in [0.3, 0.4) is 0 Å². The van der Waals surface area contributed by atoms with Crippen molar-refractivity contribution in [2.75, 3.05) is 6.54 Å². The lowest BCUT2D eigenvalue weighted by molar-refractivity contribution is -0.125. The molecule has 1 aromatic heterocycles. The first-order valence-corrected chi connectivity index (χ1v) is 6.13. The predicted octanol–water partition coefficient (Wildman–Crippen LogP) is 2.41. The zero-order valence-electron chi connectivity index (χ0n) is 8.98. The molecular formula is C9H14ClN3O2S. The van der Waals surface area contributed by atoms with Gasteiger partial charge in [-0.2, -0.15) is 0 Å². The average molecular weight is 264 g/mol. The van der Waals surface area contributed by atoms with Gasteiger partial charge >= 0.3 is 6.03 Å². The lowest BCUT2D eigenvalue weighted by Crippen LogP contribution is -2.36. The molecule has 0 spiro atoms. The van der Waals surface area contributed by atoms with E-state index in [0.29, 0.717) is 11.0 Å². The summed E-state index contributed by atoms with van der Waals surface area (Å²) in [5, 5.41) is 1.16. The van der Waals surface area contributed by atoms with Crippen molar-refractivity contribution >= 4 is 29.0 Å². The molecule has 0 aliphatic rings. The molecule has 0 radical (unpaired) electrons. The van der Waals surface area contributed by atoms with E-state index in [0.717, 1.165) is 22.8 Å². The van der Waals surface area contributed by atoms with Crippen LogP contribution in [0.2, 0.25) is 4.47 Å². The quantitative estimate of drug-likeness (QED) is 0.802. The second kappa shape index (κ2) is 6.67. The number of carbonyl (C=O) groups excluding carboxylic acids is 1. The maximum absolute atomic E-state index is 11.0. The summed E-state index contributed by atoms with van der Waals surface area (Å²) in [6, 6.07) is -0.580. The van der Waals surface area contributed by atoms with Crippen LogP contribution in [0.4, 0.5) is 4.79 Å². The summed E-state index contributed by atoms with van der Waals surface area (Å²) in [6.45, 7) is 2.79. The van der Waals surface area contributed by atoms with Gasteiger partial charge in [-0.15, -0.1) is 11.3 Å². The fourth-order valence-corrected chi connectivity index (χ4v) is 1.92. The van der Waals surface area contributed by atoms with E-state index in [-0.39, 0.29) is 6.61 Å². The van der Waals surface area contributed by atoms with E-state index in [9.17, 15) is 4.79 Å². The number of aromatic nitrogens is 1. The minimum Gasteiger partial charge on any atom is -0.350 e. The first-order valence-electron chi connectivity index (χ1n) is 4.93. The van der Waals surface area contributed by atoms with Gasteiger partial charge in [0.25, 0.3) is 0 Å². The molecule has 5 nitrogen and oxygen atoms in total. The number of halogens is 1. The van der Waals surface area contributed by atoms with Crippen LogP contribution in [0.15, 0.2) is 6.20 Å². The maximum atomic E-state index is 11.0. The normalized spacial score (nSPS) is 10.4. The van der Waals surface area contributed by atoms with Crippen molar-refractivity contribution in [2.45, 2.75) is 26.4 Å². The molecule has 0 saturated carbocycles. The van der Waals surface area contributed by atoms with E-state index in [1.807, 2.05) is 6.92 Å². The number of hydrogen-bond donors (Lipinski definition) is 1. The van der Waals surface area contributed by atoms with E-state index >= 15 is 0 Å². The molecule has 0 aliphatic carbocycles. The number of hydroxylamine groups is 2. The number of urea groups is 1. The van der Waals surface area contributed by atoms with Gasteiger partial charge in [0, 0.05) is 6.20 Å². The number of nitrogens with zero attached hydrogens (tertiary/aromatic N) is 2. The van der Waals surface area contributed by atoms with Gasteiger partial charge in [-0.1, -0.05) is 24.9 Å². The lowest BCUT2D eigenvalue weighted by Gasteiger charge is -2.18. The minimum absolute atomic E-state index is 0.261. The van der Waals surface area contributed by atoms with Crippen LogP contribution in [0.25, 0.3) is 0 Å². The van der Waals surface area contributed by atoms with Gasteiger partial charge in [-0.3, -0.25) is 4.84 Å². The topological polar surface area (TPSA) is 68.4 Å². The molecule has 0 bridgehead atoms. The number of rotatable bonds is 6. The van der Waals surface area contributed by atoms with Gasteiger partial charge in [0.05, 0.1) is 11.4 Å². The highest BCUT2D eigenvalue weighted by Crippen LogP contribution is 2.18. The second-order valence-electron chi connectivity index (χ2n) is 3.15. The number of carbonyl (C=O) groups is 1. The van der Waals surface area contributed by atoms with Gasteiger partial charge in [-0.05, 0) is 6.42 Å². The van der Waals surface area contributed by atoms with Gasteiger partial charge in [-0.25, -0.2) is 14.8 Å². The van der Waals surface area contributed by atoms with Crippen molar-refractivity contribution in [1.29, 1.82) is 0 Å². The van der Waals surface area contributed by atoms with Crippen LogP contribution in [0, 0.1) is 0 Å². The van der Waals surface area contributed by atoms with Crippen LogP contribution in [-0.4, -0.2) is 22.6 Å². The van der Waals surface area contributed by atoms with Crippen molar-refractivity contribution in [3.8, 4) is 0 Å². The molecular weight excluding hydrogens is 250 g/mol. The average Bonchev–Trinajstić information content (AvgIpc) is 2.64. The Morgan fingerprint density at radius 1 is 1.75 bits per heavy atom. The maximum Gasteiger partial charge on any atom is 0.338 e. The Hall–Kier alpha value is -0.850. The molecule has 90 valence electrons. The first kappa shape index (κ1) is 13.2. The standard InChI is InChI=1S/C9H14ClN3O2S/c1-2-3-4-13(9(11)14)15-6-7-5-12-8(10)16-7/h5H,2-4,6H2,1H3,(H2,11,14). The van der Waals surface area contributed by atoms with Gasteiger partial charge in [0.1, 0.15) is 6.61 Å². The summed E-state index contributed by atoms with van der Waals surface area (Å²) in [7, 11) is 0. The second-order valence-corrected chi connectivity index (χ2v) is 4.84. The van der Waals surface area contributed by atoms with E-state index in [1.54, 1.807) is 6.20 Å². The Morgan fingerprint density at radius 2 is 2.50 bits per heavy atom. The Balaban J connectivity index is 2.40. The Morgan fingerprint density at radius 3 is 3.00 bits per heavy atom. The molecule has 16 heavy (non-hydrogen) atoms. The van der Waals surface area contributed by atoms with Crippen molar-refractivity contribution in [1.82, 2.24) is 10.0 Å². The fraction of sp³-hybridized carbons (Fsp3) is 0.556. The summed E-state index contributed by atoms with van der Waals surface area (Å²) in [6.07, 6.45) is 3.44. The highest BCUT2D eigenvalue weighted by molar-refractivity contribution is 7.15. The molecule has 2 amide bonds. The van der Waals surface area contributed by atoms with Crippen LogP contribution in [0.1, 0.15) is 24.6 Å². The highest BCUT2D eigenvalue weighted by Gasteiger charge is 2.10. The number of amides is 2. The monoisotopic (exact) mass is 263 g/mol. The smallest absolute Gasteiger partial charge is 0.338 e. The van der Waals surface area contributed by atoms with Crippen LogP contribution in [0.5, 0.6) is 0 Å². The molecule has 0 saturated heterocycles. The third-order valence-corrected chi connectivity index (χ3v) is 2.94. The number of nitrogens with two attached hydrogens (primary N) is 1.